The number of nitrogens with zero attached hydrogens (tertiary/aromatic N) is 4. The average Bonchev–Trinajstić information content (AvgIpc) is 3.71. The monoisotopic (exact) mass is 735 g/mol. The highest BCUT2D eigenvalue weighted by Crippen LogP contribution is 2.45. The molecule has 1 saturated carbocycles. The molecule has 0 spiro atoms. The van der Waals surface area contributed by atoms with E-state index in [0.717, 1.165) is 54.0 Å². The van der Waals surface area contributed by atoms with Gasteiger partial charge in [-0.3, -0.25) is 19.4 Å². The van der Waals surface area contributed by atoms with Crippen LogP contribution < -0.4 is 20.7 Å². The fourth-order valence-corrected chi connectivity index (χ4v) is 7.26. The molecule has 3 amide bonds. The highest BCUT2D eigenvalue weighted by atomic mass is 16.5. The number of aryl methyl sites for hydroxylation is 1. The number of carbonyl (C=O) groups is 4. The average molecular weight is 736 g/mol. The lowest BCUT2D eigenvalue weighted by atomic mass is 10.0. The molecule has 2 aliphatic heterocycles. The molecular weight excluding hydrogens is 686 g/mol. The second kappa shape index (κ2) is 17.1. The first kappa shape index (κ1) is 38.3. The van der Waals surface area contributed by atoms with E-state index in [1.807, 2.05) is 60.7 Å². The lowest BCUT2D eigenvalue weighted by molar-refractivity contribution is -0.145. The number of nitrogens with one attached hydrogen (secondary N) is 3. The highest BCUT2D eigenvalue weighted by Gasteiger charge is 2.61. The molecule has 0 bridgehead atoms. The lowest BCUT2D eigenvalue weighted by Gasteiger charge is -2.29. The number of aromatic nitrogens is 3. The Morgan fingerprint density at radius 1 is 0.981 bits per heavy atom. The van der Waals surface area contributed by atoms with Gasteiger partial charge in [-0.25, -0.2) is 14.8 Å². The quantitative estimate of drug-likeness (QED) is 0.153. The predicted molar refractivity (Wildman–Crippen MR) is 205 cm³/mol. The minimum absolute atomic E-state index is 0.0415. The number of carbonyl (C=O) groups excluding carboxylic acids is 3. The van der Waals surface area contributed by atoms with Gasteiger partial charge < -0.3 is 30.7 Å². The van der Waals surface area contributed by atoms with Crippen LogP contribution in [0.5, 0.6) is 5.88 Å². The van der Waals surface area contributed by atoms with E-state index in [4.69, 9.17) is 9.72 Å². The minimum atomic E-state index is -1.44. The van der Waals surface area contributed by atoms with Crippen LogP contribution in [-0.4, -0.2) is 92.0 Å². The summed E-state index contributed by atoms with van der Waals surface area (Å²) in [4.78, 5) is 68.8. The first-order valence-corrected chi connectivity index (χ1v) is 18.9. The summed E-state index contributed by atoms with van der Waals surface area (Å²) >= 11 is 0. The molecule has 3 aliphatic rings. The summed E-state index contributed by atoms with van der Waals surface area (Å²) in [5.41, 5.74) is 0.0399. The Morgan fingerprint density at radius 3 is 2.43 bits per heavy atom. The number of ether oxygens (including phenoxy) is 1. The summed E-state index contributed by atoms with van der Waals surface area (Å²) in [5.74, 6) is -2.63. The number of allylic oxidation sites excluding steroid dienone is 1. The number of carboxylic acids is 1. The number of carboxylic acid groups (broad SMARTS) is 1. The van der Waals surface area contributed by atoms with E-state index in [-0.39, 0.29) is 31.0 Å². The lowest BCUT2D eigenvalue weighted by Crippen LogP contribution is -2.56. The number of rotatable bonds is 7. The third-order valence-corrected chi connectivity index (χ3v) is 10.3. The summed E-state index contributed by atoms with van der Waals surface area (Å²) in [5, 5.41) is 21.7. The van der Waals surface area contributed by atoms with Crippen molar-refractivity contribution in [1.29, 1.82) is 0 Å². The molecule has 54 heavy (non-hydrogen) atoms. The molecule has 7 rings (SSSR count). The van der Waals surface area contributed by atoms with E-state index in [1.165, 1.54) is 17.3 Å². The first-order valence-electron chi connectivity index (χ1n) is 18.9. The number of amides is 3. The molecular formula is C41H49N7O6. The molecule has 4 N–H and O–H groups in total. The molecule has 1 aliphatic carbocycles. The van der Waals surface area contributed by atoms with Crippen LogP contribution in [0.3, 0.4) is 0 Å². The maximum atomic E-state index is 14.4. The Balaban J connectivity index is 0.000000934. The summed E-state index contributed by atoms with van der Waals surface area (Å²) in [6.45, 7) is 8.19. The van der Waals surface area contributed by atoms with Crippen LogP contribution in [0.1, 0.15) is 75.0 Å². The first-order chi connectivity index (χ1) is 26.1. The molecule has 2 aromatic carbocycles. The number of benzene rings is 2. The van der Waals surface area contributed by atoms with Crippen molar-refractivity contribution >= 4 is 45.4 Å². The molecule has 0 unspecified atom stereocenters. The second-order valence-corrected chi connectivity index (χ2v) is 14.1. The van der Waals surface area contributed by atoms with E-state index >= 15 is 0 Å². The van der Waals surface area contributed by atoms with E-state index in [1.54, 1.807) is 6.92 Å². The standard InChI is InChI=1S/C37H38N6O6.C4H11N/c1-22-19-39-30(20-38-22)32(44)40-29-16-6-4-2-3-5-11-23-18-37(23,36(47)48)42-33(45)31-17-24(21-43(31)35(29)46)49-34-27-14-8-7-12-25(27)26-13-9-10-15-28(26)41-34;1-3-5-4-2/h5,7-15,19-20,23-24,29,31H,2-4,6,16-18,21H2,1H3,(H,40,44)(H,42,45)(H,47,48);5H,3-4H2,1-2H3/t23-,24-,29+,31+,37-;/m1./s1. The molecule has 2 fully saturated rings. The molecule has 0 radical (unpaired) electrons. The van der Waals surface area contributed by atoms with Gasteiger partial charge in [0.05, 0.1) is 24.0 Å². The van der Waals surface area contributed by atoms with E-state index in [2.05, 4.69) is 39.8 Å². The zero-order valence-corrected chi connectivity index (χ0v) is 31.1. The molecule has 4 aromatic rings. The van der Waals surface area contributed by atoms with E-state index in [0.29, 0.717) is 24.4 Å². The summed E-state index contributed by atoms with van der Waals surface area (Å²) in [7, 11) is 0. The fraction of sp³-hybridized carbons (Fsp3) is 0.439. The van der Waals surface area contributed by atoms with Crippen LogP contribution in [-0.2, 0) is 14.4 Å². The van der Waals surface area contributed by atoms with E-state index < -0.39 is 47.4 Å². The zero-order valence-electron chi connectivity index (χ0n) is 31.1. The van der Waals surface area contributed by atoms with Gasteiger partial charge in [-0.2, -0.15) is 0 Å². The van der Waals surface area contributed by atoms with E-state index in [9.17, 15) is 24.3 Å². The maximum absolute atomic E-state index is 14.4. The van der Waals surface area contributed by atoms with Gasteiger partial charge in [0.15, 0.2) is 0 Å². The third kappa shape index (κ3) is 8.52. The van der Waals surface area contributed by atoms with Gasteiger partial charge >= 0.3 is 5.97 Å². The van der Waals surface area contributed by atoms with Crippen molar-refractivity contribution < 1.29 is 29.0 Å². The maximum Gasteiger partial charge on any atom is 0.330 e. The van der Waals surface area contributed by atoms with Crippen molar-refractivity contribution in [3.63, 3.8) is 0 Å². The van der Waals surface area contributed by atoms with Crippen LogP contribution in [0.4, 0.5) is 0 Å². The predicted octanol–water partition coefficient (Wildman–Crippen LogP) is 4.73. The van der Waals surface area contributed by atoms with Crippen LogP contribution in [0, 0.1) is 12.8 Å². The third-order valence-electron chi connectivity index (χ3n) is 10.3. The Hall–Kier alpha value is -5.43. The zero-order chi connectivity index (χ0) is 38.2. The number of fused-ring (bicyclic) bond motifs is 5. The number of para-hydroxylation sites is 1. The largest absolute Gasteiger partial charge is 0.479 e. The Labute approximate surface area is 315 Å². The topological polar surface area (TPSA) is 176 Å². The molecule has 5 atom stereocenters. The summed E-state index contributed by atoms with van der Waals surface area (Å²) in [6, 6.07) is 13.5. The number of aliphatic carboxylic acids is 1. The van der Waals surface area contributed by atoms with Crippen molar-refractivity contribution in [3.8, 4) is 5.88 Å². The molecule has 2 aromatic heterocycles. The summed E-state index contributed by atoms with van der Waals surface area (Å²) in [6.07, 6.45) is 9.83. The Kier molecular flexibility index (Phi) is 12.2. The van der Waals surface area contributed by atoms with Crippen molar-refractivity contribution in [1.82, 2.24) is 35.8 Å². The minimum Gasteiger partial charge on any atom is -0.479 e. The van der Waals surface area contributed by atoms with Gasteiger partial charge in [0.2, 0.25) is 17.7 Å². The number of hydrogen-bond acceptors (Lipinski definition) is 9. The van der Waals surface area contributed by atoms with Gasteiger partial charge in [0.1, 0.15) is 29.4 Å². The highest BCUT2D eigenvalue weighted by molar-refractivity contribution is 6.07. The van der Waals surface area contributed by atoms with Gasteiger partial charge in [0, 0.05) is 29.3 Å². The van der Waals surface area contributed by atoms with Crippen molar-refractivity contribution in [2.24, 2.45) is 5.92 Å². The van der Waals surface area contributed by atoms with Crippen LogP contribution >= 0.6 is 0 Å². The SMILES string of the molecule is CCNCC.Cc1cnc(C(=O)N[C@H]2CCCCCC=C[C@@H]3C[C@@]3(C(=O)O)NC(=O)[C@@H]3C[C@@H](Oc4nc5ccccc5c5ccccc45)CN3C2=O)cn1. The van der Waals surface area contributed by atoms with Crippen LogP contribution in [0.25, 0.3) is 21.7 Å². The molecule has 13 heteroatoms. The molecule has 4 heterocycles. The summed E-state index contributed by atoms with van der Waals surface area (Å²) < 4.78 is 6.52. The van der Waals surface area contributed by atoms with Gasteiger partial charge in [-0.15, -0.1) is 0 Å². The Bertz CT molecular complexity index is 2020. The number of hydrogen-bond donors (Lipinski definition) is 4. The smallest absolute Gasteiger partial charge is 0.330 e. The van der Waals surface area contributed by atoms with Gasteiger partial charge in [-0.1, -0.05) is 75.2 Å². The Morgan fingerprint density at radius 2 is 1.72 bits per heavy atom. The second-order valence-electron chi connectivity index (χ2n) is 14.1. The van der Waals surface area contributed by atoms with Gasteiger partial charge in [0.25, 0.3) is 5.91 Å². The van der Waals surface area contributed by atoms with Crippen LogP contribution in [0.15, 0.2) is 73.1 Å². The molecule has 13 nitrogen and oxygen atoms in total. The van der Waals surface area contributed by atoms with Crippen molar-refractivity contribution in [2.45, 2.75) is 89.4 Å². The molecule has 284 valence electrons. The fourth-order valence-electron chi connectivity index (χ4n) is 7.26. The van der Waals surface area contributed by atoms with Crippen LogP contribution in [0.2, 0.25) is 0 Å². The van der Waals surface area contributed by atoms with Crippen molar-refractivity contribution in [3.05, 3.63) is 84.5 Å². The van der Waals surface area contributed by atoms with Gasteiger partial charge in [-0.05, 0) is 63.2 Å². The van der Waals surface area contributed by atoms with Crippen molar-refractivity contribution in [2.75, 3.05) is 19.6 Å². The molecule has 1 saturated heterocycles. The number of pyridine rings is 1. The normalized spacial score (nSPS) is 24.2.